The van der Waals surface area contributed by atoms with Crippen LogP contribution in [0.2, 0.25) is 5.02 Å². The molecular formula is C12H11ClFNO3. The van der Waals surface area contributed by atoms with Gasteiger partial charge in [0.15, 0.2) is 0 Å². The molecule has 0 radical (unpaired) electrons. The van der Waals surface area contributed by atoms with Crippen LogP contribution in [0.3, 0.4) is 0 Å². The lowest BCUT2D eigenvalue weighted by Gasteiger charge is -2.11. The van der Waals surface area contributed by atoms with Crippen LogP contribution in [0.25, 0.3) is 6.08 Å². The maximum atomic E-state index is 13.4. The molecule has 1 rings (SSSR count). The third kappa shape index (κ3) is 3.85. The van der Waals surface area contributed by atoms with Crippen molar-refractivity contribution in [2.45, 2.75) is 0 Å². The largest absolute Gasteiger partial charge is 0.480 e. The molecule has 4 nitrogen and oxygen atoms in total. The monoisotopic (exact) mass is 271 g/mol. The van der Waals surface area contributed by atoms with Gasteiger partial charge in [-0.1, -0.05) is 17.7 Å². The minimum absolute atomic E-state index is 0.0937. The maximum Gasteiger partial charge on any atom is 0.323 e. The summed E-state index contributed by atoms with van der Waals surface area (Å²) < 4.78 is 13.4. The van der Waals surface area contributed by atoms with Crippen LogP contribution >= 0.6 is 11.6 Å². The summed E-state index contributed by atoms with van der Waals surface area (Å²) in [7, 11) is 1.34. The Morgan fingerprint density at radius 3 is 2.72 bits per heavy atom. The van der Waals surface area contributed by atoms with Crippen LogP contribution in [-0.4, -0.2) is 35.5 Å². The molecule has 0 fully saturated rings. The van der Waals surface area contributed by atoms with E-state index in [1.807, 2.05) is 0 Å². The summed E-state index contributed by atoms with van der Waals surface area (Å²) in [6.07, 6.45) is 2.30. The Labute approximate surface area is 108 Å². The number of likely N-dealkylation sites (N-methyl/N-ethyl adjacent to an activating group) is 1. The van der Waals surface area contributed by atoms with Gasteiger partial charge in [0.2, 0.25) is 5.91 Å². The Kier molecular flexibility index (Phi) is 4.85. The fourth-order valence-corrected chi connectivity index (χ4v) is 1.46. The Morgan fingerprint density at radius 1 is 1.50 bits per heavy atom. The van der Waals surface area contributed by atoms with Crippen molar-refractivity contribution in [3.63, 3.8) is 0 Å². The highest BCUT2D eigenvalue weighted by molar-refractivity contribution is 6.32. The molecule has 1 aromatic rings. The van der Waals surface area contributed by atoms with Crippen LogP contribution in [0, 0.1) is 5.82 Å². The maximum absolute atomic E-state index is 13.4. The van der Waals surface area contributed by atoms with Crippen LogP contribution in [0.5, 0.6) is 0 Å². The van der Waals surface area contributed by atoms with Crippen LogP contribution in [0.1, 0.15) is 5.56 Å². The lowest BCUT2D eigenvalue weighted by atomic mass is 10.2. The first kappa shape index (κ1) is 14.2. The molecule has 1 aromatic carbocycles. The number of carbonyl (C=O) groups excluding carboxylic acids is 1. The molecule has 0 spiro atoms. The van der Waals surface area contributed by atoms with E-state index in [1.165, 1.54) is 31.3 Å². The molecule has 0 aromatic heterocycles. The van der Waals surface area contributed by atoms with Crippen molar-refractivity contribution in [2.75, 3.05) is 13.6 Å². The SMILES string of the molecule is CN(CC(=O)O)C(=O)/C=C/c1c(F)cccc1Cl. The number of carboxylic acids is 1. The summed E-state index contributed by atoms with van der Waals surface area (Å²) in [4.78, 5) is 22.9. The first-order valence-electron chi connectivity index (χ1n) is 5.01. The number of amides is 1. The molecule has 1 amide bonds. The van der Waals surface area contributed by atoms with E-state index in [2.05, 4.69) is 0 Å². The highest BCUT2D eigenvalue weighted by atomic mass is 35.5. The van der Waals surface area contributed by atoms with Gasteiger partial charge >= 0.3 is 5.97 Å². The quantitative estimate of drug-likeness (QED) is 0.853. The zero-order valence-corrected chi connectivity index (χ0v) is 10.3. The van der Waals surface area contributed by atoms with E-state index in [9.17, 15) is 14.0 Å². The molecule has 0 heterocycles. The van der Waals surface area contributed by atoms with Crippen molar-refractivity contribution in [3.8, 4) is 0 Å². The number of rotatable bonds is 4. The van der Waals surface area contributed by atoms with Crippen LogP contribution in [0.15, 0.2) is 24.3 Å². The van der Waals surface area contributed by atoms with Crippen molar-refractivity contribution < 1.29 is 19.1 Å². The normalized spacial score (nSPS) is 10.6. The van der Waals surface area contributed by atoms with Gasteiger partial charge < -0.3 is 10.0 Å². The van der Waals surface area contributed by atoms with Gasteiger partial charge in [-0.05, 0) is 18.2 Å². The standard InChI is InChI=1S/C12H11ClFNO3/c1-15(7-12(17)18)11(16)6-5-8-9(13)3-2-4-10(8)14/h2-6H,7H2,1H3,(H,17,18)/b6-5+. The molecule has 0 atom stereocenters. The van der Waals surface area contributed by atoms with Crippen molar-refractivity contribution in [3.05, 3.63) is 40.7 Å². The predicted octanol–water partition coefficient (Wildman–Crippen LogP) is 2.04. The fraction of sp³-hybridized carbons (Fsp3) is 0.167. The lowest BCUT2D eigenvalue weighted by Crippen LogP contribution is -2.30. The summed E-state index contributed by atoms with van der Waals surface area (Å²) >= 11 is 5.77. The van der Waals surface area contributed by atoms with E-state index >= 15 is 0 Å². The molecular weight excluding hydrogens is 261 g/mol. The van der Waals surface area contributed by atoms with E-state index in [1.54, 1.807) is 0 Å². The second-order valence-electron chi connectivity index (χ2n) is 3.56. The highest BCUT2D eigenvalue weighted by Crippen LogP contribution is 2.20. The molecule has 0 aliphatic carbocycles. The fourth-order valence-electron chi connectivity index (χ4n) is 1.23. The molecule has 1 N–H and O–H groups in total. The molecule has 0 aliphatic heterocycles. The molecule has 0 unspecified atom stereocenters. The van der Waals surface area contributed by atoms with E-state index in [0.717, 1.165) is 11.0 Å². The van der Waals surface area contributed by atoms with Crippen LogP contribution in [-0.2, 0) is 9.59 Å². The van der Waals surface area contributed by atoms with Gasteiger partial charge in [0.05, 0.1) is 5.02 Å². The Hall–Kier alpha value is -1.88. The van der Waals surface area contributed by atoms with Gasteiger partial charge in [-0.3, -0.25) is 9.59 Å². The Balaban J connectivity index is 2.81. The Morgan fingerprint density at radius 2 is 2.17 bits per heavy atom. The number of aliphatic carboxylic acids is 1. The van der Waals surface area contributed by atoms with Gasteiger partial charge in [-0.15, -0.1) is 0 Å². The first-order chi connectivity index (χ1) is 8.41. The number of benzene rings is 1. The highest BCUT2D eigenvalue weighted by Gasteiger charge is 2.09. The van der Waals surface area contributed by atoms with E-state index < -0.39 is 24.2 Å². The second-order valence-corrected chi connectivity index (χ2v) is 3.96. The molecule has 0 aliphatic rings. The third-order valence-electron chi connectivity index (χ3n) is 2.14. The predicted molar refractivity (Wildman–Crippen MR) is 65.7 cm³/mol. The molecule has 0 bridgehead atoms. The van der Waals surface area contributed by atoms with Crippen molar-refractivity contribution in [1.29, 1.82) is 0 Å². The minimum atomic E-state index is -1.12. The van der Waals surface area contributed by atoms with E-state index in [0.29, 0.717) is 0 Å². The van der Waals surface area contributed by atoms with Gasteiger partial charge in [-0.2, -0.15) is 0 Å². The number of carboxylic acid groups (broad SMARTS) is 1. The zero-order chi connectivity index (χ0) is 13.7. The van der Waals surface area contributed by atoms with Gasteiger partial charge in [0, 0.05) is 18.7 Å². The molecule has 18 heavy (non-hydrogen) atoms. The average Bonchev–Trinajstić information content (AvgIpc) is 2.27. The average molecular weight is 272 g/mol. The zero-order valence-electron chi connectivity index (χ0n) is 9.56. The van der Waals surface area contributed by atoms with Gasteiger partial charge in [-0.25, -0.2) is 4.39 Å². The van der Waals surface area contributed by atoms with Crippen LogP contribution < -0.4 is 0 Å². The topological polar surface area (TPSA) is 57.6 Å². The number of carbonyl (C=O) groups is 2. The number of hydrogen-bond donors (Lipinski definition) is 1. The molecule has 0 saturated heterocycles. The number of hydrogen-bond acceptors (Lipinski definition) is 2. The van der Waals surface area contributed by atoms with Gasteiger partial charge in [0.25, 0.3) is 0 Å². The van der Waals surface area contributed by atoms with Crippen molar-refractivity contribution >= 4 is 29.6 Å². The summed E-state index contributed by atoms with van der Waals surface area (Å²) in [5.74, 6) is -2.22. The van der Waals surface area contributed by atoms with E-state index in [-0.39, 0.29) is 10.6 Å². The third-order valence-corrected chi connectivity index (χ3v) is 2.47. The smallest absolute Gasteiger partial charge is 0.323 e. The number of nitrogens with zero attached hydrogens (tertiary/aromatic N) is 1. The second kappa shape index (κ2) is 6.16. The van der Waals surface area contributed by atoms with E-state index in [4.69, 9.17) is 16.7 Å². The molecule has 0 saturated carbocycles. The summed E-state index contributed by atoms with van der Waals surface area (Å²) in [5, 5.41) is 8.69. The lowest BCUT2D eigenvalue weighted by molar-refractivity contribution is -0.141. The number of halogens is 2. The summed E-state index contributed by atoms with van der Waals surface area (Å²) in [6.45, 7) is -0.422. The van der Waals surface area contributed by atoms with Gasteiger partial charge in [0.1, 0.15) is 12.4 Å². The molecule has 6 heteroatoms. The van der Waals surface area contributed by atoms with Crippen molar-refractivity contribution in [1.82, 2.24) is 4.90 Å². The summed E-state index contributed by atoms with van der Waals surface area (Å²) in [5.41, 5.74) is 0.0937. The molecule has 96 valence electrons. The summed E-state index contributed by atoms with van der Waals surface area (Å²) in [6, 6.07) is 4.17. The Bertz CT molecular complexity index is 482. The van der Waals surface area contributed by atoms with Crippen molar-refractivity contribution in [2.24, 2.45) is 0 Å². The first-order valence-corrected chi connectivity index (χ1v) is 5.38. The van der Waals surface area contributed by atoms with Crippen LogP contribution in [0.4, 0.5) is 4.39 Å². The minimum Gasteiger partial charge on any atom is -0.480 e.